The molecule has 4 rings (SSSR count). The van der Waals surface area contributed by atoms with Gasteiger partial charge in [-0.15, -0.1) is 0 Å². The minimum absolute atomic E-state index is 0.0655. The largest absolute Gasteiger partial charge is 0.504 e. The van der Waals surface area contributed by atoms with Gasteiger partial charge in [0.1, 0.15) is 0 Å². The van der Waals surface area contributed by atoms with E-state index in [1.807, 2.05) is 12.1 Å². The molecule has 1 heterocycles. The van der Waals surface area contributed by atoms with Crippen molar-refractivity contribution in [2.24, 2.45) is 0 Å². The van der Waals surface area contributed by atoms with Crippen molar-refractivity contribution in [1.29, 1.82) is 5.26 Å². The van der Waals surface area contributed by atoms with Gasteiger partial charge in [0.15, 0.2) is 11.5 Å². The summed E-state index contributed by atoms with van der Waals surface area (Å²) in [4.78, 5) is 12.6. The standard InChI is InChI=1S/C21H15N3O3/c1-27-20-10-14(4-7-19(20)25)13-3-5-15-17(9-13)23-16-6-2-12(11-22)8-18(16)24-21(15)26/h2-10,23,25H,1H3,(H,24,26). The van der Waals surface area contributed by atoms with Crippen LogP contribution in [0.25, 0.3) is 11.1 Å². The molecule has 3 aromatic carbocycles. The molecule has 0 fully saturated rings. The highest BCUT2D eigenvalue weighted by Crippen LogP contribution is 2.37. The van der Waals surface area contributed by atoms with Crippen LogP contribution in [0.4, 0.5) is 17.1 Å². The van der Waals surface area contributed by atoms with E-state index in [1.165, 1.54) is 7.11 Å². The van der Waals surface area contributed by atoms with Gasteiger partial charge in [-0.05, 0) is 53.6 Å². The quantitative estimate of drug-likeness (QED) is 0.637. The van der Waals surface area contributed by atoms with Crippen LogP contribution in [-0.2, 0) is 0 Å². The summed E-state index contributed by atoms with van der Waals surface area (Å²) in [6, 6.07) is 17.7. The molecular weight excluding hydrogens is 342 g/mol. The van der Waals surface area contributed by atoms with Gasteiger partial charge in [0, 0.05) is 0 Å². The summed E-state index contributed by atoms with van der Waals surface area (Å²) in [5, 5.41) is 24.9. The Morgan fingerprint density at radius 3 is 2.48 bits per heavy atom. The van der Waals surface area contributed by atoms with Crippen molar-refractivity contribution in [3.63, 3.8) is 0 Å². The third-order valence-corrected chi connectivity index (χ3v) is 4.44. The Labute approximate surface area is 155 Å². The number of nitrogens with zero attached hydrogens (tertiary/aromatic N) is 1. The van der Waals surface area contributed by atoms with Gasteiger partial charge < -0.3 is 20.5 Å². The number of methoxy groups -OCH3 is 1. The number of aromatic hydroxyl groups is 1. The SMILES string of the molecule is COc1cc(-c2ccc3c(c2)Nc2ccc(C#N)cc2NC3=O)ccc1O. The number of fused-ring (bicyclic) bond motifs is 2. The number of nitriles is 1. The highest BCUT2D eigenvalue weighted by Gasteiger charge is 2.20. The molecule has 0 aromatic heterocycles. The van der Waals surface area contributed by atoms with E-state index in [0.717, 1.165) is 11.1 Å². The Balaban J connectivity index is 1.79. The molecule has 6 nitrogen and oxygen atoms in total. The molecule has 1 aliphatic rings. The van der Waals surface area contributed by atoms with Crippen LogP contribution < -0.4 is 15.4 Å². The summed E-state index contributed by atoms with van der Waals surface area (Å²) in [5.74, 6) is 0.194. The Kier molecular flexibility index (Phi) is 3.90. The lowest BCUT2D eigenvalue weighted by Gasteiger charge is -2.11. The maximum absolute atomic E-state index is 12.6. The zero-order chi connectivity index (χ0) is 19.0. The molecule has 0 bridgehead atoms. The highest BCUT2D eigenvalue weighted by molar-refractivity contribution is 6.12. The molecule has 132 valence electrons. The summed E-state index contributed by atoms with van der Waals surface area (Å²) < 4.78 is 5.17. The molecule has 27 heavy (non-hydrogen) atoms. The van der Waals surface area contributed by atoms with Crippen molar-refractivity contribution in [2.45, 2.75) is 0 Å². The van der Waals surface area contributed by atoms with E-state index in [-0.39, 0.29) is 11.7 Å². The molecule has 3 N–H and O–H groups in total. The molecule has 3 aromatic rings. The van der Waals surface area contributed by atoms with Gasteiger partial charge in [0.05, 0.1) is 41.4 Å². The fraction of sp³-hybridized carbons (Fsp3) is 0.0476. The van der Waals surface area contributed by atoms with Crippen LogP contribution in [0.5, 0.6) is 11.5 Å². The molecule has 6 heteroatoms. The number of rotatable bonds is 2. The maximum Gasteiger partial charge on any atom is 0.257 e. The molecule has 0 saturated carbocycles. The number of hydrogen-bond acceptors (Lipinski definition) is 5. The van der Waals surface area contributed by atoms with Gasteiger partial charge in [-0.1, -0.05) is 12.1 Å². The number of phenols is 1. The van der Waals surface area contributed by atoms with Crippen molar-refractivity contribution in [1.82, 2.24) is 0 Å². The monoisotopic (exact) mass is 357 g/mol. The molecular formula is C21H15N3O3. The molecule has 0 radical (unpaired) electrons. The average molecular weight is 357 g/mol. The van der Waals surface area contributed by atoms with Gasteiger partial charge >= 0.3 is 0 Å². The fourth-order valence-electron chi connectivity index (χ4n) is 3.04. The van der Waals surface area contributed by atoms with Crippen molar-refractivity contribution in [2.75, 3.05) is 17.7 Å². The summed E-state index contributed by atoms with van der Waals surface area (Å²) >= 11 is 0. The summed E-state index contributed by atoms with van der Waals surface area (Å²) in [6.07, 6.45) is 0. The van der Waals surface area contributed by atoms with Crippen LogP contribution in [0.2, 0.25) is 0 Å². The van der Waals surface area contributed by atoms with Crippen LogP contribution in [0.15, 0.2) is 54.6 Å². The lowest BCUT2D eigenvalue weighted by atomic mass is 10.0. The summed E-state index contributed by atoms with van der Waals surface area (Å²) in [6.45, 7) is 0. The molecule has 1 aliphatic heterocycles. The van der Waals surface area contributed by atoms with Gasteiger partial charge in [-0.25, -0.2) is 0 Å². The molecule has 0 atom stereocenters. The van der Waals surface area contributed by atoms with E-state index in [2.05, 4.69) is 16.7 Å². The predicted molar refractivity (Wildman–Crippen MR) is 102 cm³/mol. The van der Waals surface area contributed by atoms with Crippen LogP contribution in [-0.4, -0.2) is 18.1 Å². The number of benzene rings is 3. The summed E-state index contributed by atoms with van der Waals surface area (Å²) in [5.41, 5.74) is 4.60. The normalized spacial score (nSPS) is 11.9. The summed E-state index contributed by atoms with van der Waals surface area (Å²) in [7, 11) is 1.49. The Bertz CT molecular complexity index is 1120. The third-order valence-electron chi connectivity index (χ3n) is 4.44. The van der Waals surface area contributed by atoms with E-state index >= 15 is 0 Å². The van der Waals surface area contributed by atoms with Gasteiger partial charge in [-0.3, -0.25) is 4.79 Å². The smallest absolute Gasteiger partial charge is 0.257 e. The topological polar surface area (TPSA) is 94.4 Å². The lowest BCUT2D eigenvalue weighted by molar-refractivity contribution is 0.102. The number of nitrogens with one attached hydrogen (secondary N) is 2. The van der Waals surface area contributed by atoms with Gasteiger partial charge in [0.25, 0.3) is 5.91 Å². The predicted octanol–water partition coefficient (Wildman–Crippen LogP) is 4.25. The average Bonchev–Trinajstić information content (AvgIpc) is 2.82. The fourth-order valence-corrected chi connectivity index (χ4v) is 3.04. The molecule has 0 unspecified atom stereocenters. The molecule has 0 spiro atoms. The van der Waals surface area contributed by atoms with E-state index < -0.39 is 0 Å². The number of amides is 1. The minimum Gasteiger partial charge on any atom is -0.504 e. The van der Waals surface area contributed by atoms with Crippen LogP contribution >= 0.6 is 0 Å². The zero-order valence-corrected chi connectivity index (χ0v) is 14.4. The number of carbonyl (C=O) groups is 1. The highest BCUT2D eigenvalue weighted by atomic mass is 16.5. The van der Waals surface area contributed by atoms with Crippen LogP contribution in [0, 0.1) is 11.3 Å². The second-order valence-electron chi connectivity index (χ2n) is 6.10. The van der Waals surface area contributed by atoms with Crippen molar-refractivity contribution in [3.05, 3.63) is 65.7 Å². The van der Waals surface area contributed by atoms with Crippen LogP contribution in [0.3, 0.4) is 0 Å². The number of phenolic OH excluding ortho intramolecular Hbond substituents is 1. The number of carbonyl (C=O) groups excluding carboxylic acids is 1. The lowest BCUT2D eigenvalue weighted by Crippen LogP contribution is -2.10. The third kappa shape index (κ3) is 2.92. The molecule has 1 amide bonds. The number of hydrogen-bond donors (Lipinski definition) is 3. The zero-order valence-electron chi connectivity index (χ0n) is 14.4. The van der Waals surface area contributed by atoms with E-state index in [9.17, 15) is 9.90 Å². The Morgan fingerprint density at radius 1 is 0.926 bits per heavy atom. The second kappa shape index (κ2) is 6.39. The second-order valence-corrected chi connectivity index (χ2v) is 6.10. The first-order valence-electron chi connectivity index (χ1n) is 8.23. The number of ether oxygens (including phenoxy) is 1. The van der Waals surface area contributed by atoms with Crippen LogP contribution in [0.1, 0.15) is 15.9 Å². The molecule has 0 saturated heterocycles. The first kappa shape index (κ1) is 16.5. The van der Waals surface area contributed by atoms with E-state index in [4.69, 9.17) is 10.00 Å². The van der Waals surface area contributed by atoms with Gasteiger partial charge in [-0.2, -0.15) is 5.26 Å². The van der Waals surface area contributed by atoms with E-state index in [1.54, 1.807) is 42.5 Å². The Morgan fingerprint density at radius 2 is 1.70 bits per heavy atom. The first-order valence-corrected chi connectivity index (χ1v) is 8.23. The van der Waals surface area contributed by atoms with Crippen molar-refractivity contribution >= 4 is 23.0 Å². The minimum atomic E-state index is -0.249. The van der Waals surface area contributed by atoms with E-state index in [0.29, 0.717) is 33.9 Å². The van der Waals surface area contributed by atoms with Crippen molar-refractivity contribution < 1.29 is 14.6 Å². The van der Waals surface area contributed by atoms with Crippen molar-refractivity contribution in [3.8, 4) is 28.7 Å². The Hall–Kier alpha value is -3.98. The maximum atomic E-state index is 12.6. The first-order chi connectivity index (χ1) is 13.1. The molecule has 0 aliphatic carbocycles. The number of anilines is 3. The van der Waals surface area contributed by atoms with Gasteiger partial charge in [0.2, 0.25) is 0 Å².